The van der Waals surface area contributed by atoms with Crippen LogP contribution in [0.25, 0.3) is 0 Å². The van der Waals surface area contributed by atoms with E-state index in [1.54, 1.807) is 6.33 Å². The van der Waals surface area contributed by atoms with Crippen molar-refractivity contribution in [1.29, 1.82) is 0 Å². The van der Waals surface area contributed by atoms with Crippen molar-refractivity contribution in [3.8, 4) is 0 Å². The first kappa shape index (κ1) is 12.7. The van der Waals surface area contributed by atoms with Crippen LogP contribution in [0.5, 0.6) is 0 Å². The van der Waals surface area contributed by atoms with Gasteiger partial charge >= 0.3 is 0 Å². The zero-order chi connectivity index (χ0) is 12.0. The second-order valence-corrected chi connectivity index (χ2v) is 3.99. The minimum Gasteiger partial charge on any atom is -0.373 e. The minimum atomic E-state index is 0.454. The van der Waals surface area contributed by atoms with Crippen LogP contribution in [0.1, 0.15) is 39.2 Å². The molecule has 0 aliphatic carbocycles. The Labute approximate surface area is 97.9 Å². The molecule has 90 valence electrons. The fourth-order valence-electron chi connectivity index (χ4n) is 1.83. The first-order chi connectivity index (χ1) is 7.72. The minimum absolute atomic E-state index is 0.454. The molecule has 1 atom stereocenters. The lowest BCUT2D eigenvalue weighted by Crippen LogP contribution is -2.17. The Bertz CT molecular complexity index is 325. The van der Waals surface area contributed by atoms with Crippen molar-refractivity contribution in [2.45, 2.75) is 46.1 Å². The number of hydrogen-bond donors (Lipinski definition) is 2. The molecule has 4 nitrogen and oxygen atoms in total. The van der Waals surface area contributed by atoms with E-state index in [0.717, 1.165) is 30.0 Å². The van der Waals surface area contributed by atoms with Crippen LogP contribution in [0.2, 0.25) is 0 Å². The first-order valence-corrected chi connectivity index (χ1v) is 6.01. The highest BCUT2D eigenvalue weighted by Gasteiger charge is 2.10. The van der Waals surface area contributed by atoms with Crippen LogP contribution >= 0.6 is 0 Å². The van der Waals surface area contributed by atoms with Crippen molar-refractivity contribution in [2.24, 2.45) is 0 Å². The molecule has 0 saturated heterocycles. The van der Waals surface area contributed by atoms with Crippen molar-refractivity contribution < 1.29 is 0 Å². The van der Waals surface area contributed by atoms with Gasteiger partial charge < -0.3 is 10.6 Å². The summed E-state index contributed by atoms with van der Waals surface area (Å²) in [4.78, 5) is 8.54. The number of nitrogens with zero attached hydrogens (tertiary/aromatic N) is 2. The van der Waals surface area contributed by atoms with Crippen LogP contribution in [0.15, 0.2) is 6.33 Å². The van der Waals surface area contributed by atoms with Crippen molar-refractivity contribution >= 4 is 11.6 Å². The summed E-state index contributed by atoms with van der Waals surface area (Å²) in [6.45, 7) is 6.50. The maximum Gasteiger partial charge on any atom is 0.134 e. The third-order valence-corrected chi connectivity index (χ3v) is 2.64. The van der Waals surface area contributed by atoms with Gasteiger partial charge in [-0.2, -0.15) is 0 Å². The van der Waals surface area contributed by atoms with Gasteiger partial charge in [0, 0.05) is 18.7 Å². The van der Waals surface area contributed by atoms with E-state index in [9.17, 15) is 0 Å². The fraction of sp³-hybridized carbons (Fsp3) is 0.667. The summed E-state index contributed by atoms with van der Waals surface area (Å²) in [5.41, 5.74) is 1.16. The van der Waals surface area contributed by atoms with E-state index in [1.165, 1.54) is 6.42 Å². The topological polar surface area (TPSA) is 49.8 Å². The van der Waals surface area contributed by atoms with Gasteiger partial charge in [-0.25, -0.2) is 9.97 Å². The number of aromatic nitrogens is 2. The summed E-state index contributed by atoms with van der Waals surface area (Å²) < 4.78 is 0. The summed E-state index contributed by atoms with van der Waals surface area (Å²) in [6.07, 6.45) is 4.87. The number of anilines is 2. The zero-order valence-electron chi connectivity index (χ0n) is 10.7. The molecule has 0 amide bonds. The largest absolute Gasteiger partial charge is 0.373 e. The van der Waals surface area contributed by atoms with Gasteiger partial charge in [-0.05, 0) is 19.8 Å². The van der Waals surface area contributed by atoms with E-state index >= 15 is 0 Å². The summed E-state index contributed by atoms with van der Waals surface area (Å²) >= 11 is 0. The van der Waals surface area contributed by atoms with E-state index in [1.807, 2.05) is 7.05 Å². The van der Waals surface area contributed by atoms with E-state index in [2.05, 4.69) is 41.4 Å². The molecule has 4 heteroatoms. The molecule has 0 saturated carbocycles. The molecule has 0 fully saturated rings. The molecule has 0 bridgehead atoms. The summed E-state index contributed by atoms with van der Waals surface area (Å²) in [5.74, 6) is 1.88. The van der Waals surface area contributed by atoms with Gasteiger partial charge in [0.25, 0.3) is 0 Å². The summed E-state index contributed by atoms with van der Waals surface area (Å²) in [7, 11) is 1.89. The number of nitrogens with one attached hydrogen (secondary N) is 2. The van der Waals surface area contributed by atoms with Gasteiger partial charge in [0.05, 0.1) is 0 Å². The lowest BCUT2D eigenvalue weighted by Gasteiger charge is -2.17. The van der Waals surface area contributed by atoms with Gasteiger partial charge in [-0.3, -0.25) is 0 Å². The van der Waals surface area contributed by atoms with Crippen molar-refractivity contribution in [2.75, 3.05) is 17.7 Å². The van der Waals surface area contributed by atoms with E-state index in [0.29, 0.717) is 6.04 Å². The van der Waals surface area contributed by atoms with Crippen LogP contribution in [-0.2, 0) is 6.42 Å². The van der Waals surface area contributed by atoms with Gasteiger partial charge in [0.2, 0.25) is 0 Å². The number of rotatable bonds is 6. The monoisotopic (exact) mass is 222 g/mol. The average molecular weight is 222 g/mol. The normalized spacial score (nSPS) is 12.2. The van der Waals surface area contributed by atoms with Gasteiger partial charge in [-0.15, -0.1) is 0 Å². The Morgan fingerprint density at radius 3 is 2.50 bits per heavy atom. The highest BCUT2D eigenvalue weighted by Crippen LogP contribution is 2.21. The average Bonchev–Trinajstić information content (AvgIpc) is 2.29. The Balaban J connectivity index is 2.86. The second kappa shape index (κ2) is 6.30. The molecule has 1 aromatic rings. The molecule has 1 aromatic heterocycles. The molecule has 16 heavy (non-hydrogen) atoms. The SMILES string of the molecule is CCCC(C)Nc1ncnc(NC)c1CC. The predicted molar refractivity (Wildman–Crippen MR) is 68.9 cm³/mol. The van der Waals surface area contributed by atoms with Crippen LogP contribution in [0.3, 0.4) is 0 Å². The molecule has 1 heterocycles. The Morgan fingerprint density at radius 1 is 1.25 bits per heavy atom. The quantitative estimate of drug-likeness (QED) is 0.777. The molecule has 2 N–H and O–H groups in total. The van der Waals surface area contributed by atoms with Gasteiger partial charge in [0.1, 0.15) is 18.0 Å². The molecule has 0 aliphatic heterocycles. The summed E-state index contributed by atoms with van der Waals surface area (Å²) in [5, 5.41) is 6.55. The predicted octanol–water partition coefficient (Wildman–Crippen LogP) is 2.68. The Hall–Kier alpha value is -1.32. The molecule has 0 radical (unpaired) electrons. The highest BCUT2D eigenvalue weighted by atomic mass is 15.1. The highest BCUT2D eigenvalue weighted by molar-refractivity contribution is 5.57. The molecule has 1 rings (SSSR count). The molecular formula is C12H22N4. The van der Waals surface area contributed by atoms with E-state index in [-0.39, 0.29) is 0 Å². The maximum absolute atomic E-state index is 4.32. The zero-order valence-corrected chi connectivity index (χ0v) is 10.7. The van der Waals surface area contributed by atoms with Gasteiger partial charge in [-0.1, -0.05) is 20.3 Å². The van der Waals surface area contributed by atoms with Crippen LogP contribution in [-0.4, -0.2) is 23.1 Å². The third kappa shape index (κ3) is 3.08. The van der Waals surface area contributed by atoms with Crippen LogP contribution in [0, 0.1) is 0 Å². The summed E-state index contributed by atoms with van der Waals surface area (Å²) in [6, 6.07) is 0.454. The van der Waals surface area contributed by atoms with Crippen LogP contribution < -0.4 is 10.6 Å². The van der Waals surface area contributed by atoms with E-state index < -0.39 is 0 Å². The molecular weight excluding hydrogens is 200 g/mol. The molecule has 0 spiro atoms. The van der Waals surface area contributed by atoms with Crippen molar-refractivity contribution in [1.82, 2.24) is 9.97 Å². The lowest BCUT2D eigenvalue weighted by atomic mass is 10.1. The smallest absolute Gasteiger partial charge is 0.134 e. The molecule has 1 unspecified atom stereocenters. The molecule has 0 aromatic carbocycles. The standard InChI is InChI=1S/C12H22N4/c1-5-7-9(3)16-12-10(6-2)11(13-4)14-8-15-12/h8-9H,5-7H2,1-4H3,(H2,13,14,15,16). The maximum atomic E-state index is 4.32. The van der Waals surface area contributed by atoms with Crippen molar-refractivity contribution in [3.63, 3.8) is 0 Å². The third-order valence-electron chi connectivity index (χ3n) is 2.64. The number of hydrogen-bond acceptors (Lipinski definition) is 4. The van der Waals surface area contributed by atoms with E-state index in [4.69, 9.17) is 0 Å². The van der Waals surface area contributed by atoms with Crippen molar-refractivity contribution in [3.05, 3.63) is 11.9 Å². The Kier molecular flexibility index (Phi) is 5.02. The fourth-order valence-corrected chi connectivity index (χ4v) is 1.83. The molecule has 0 aliphatic rings. The first-order valence-electron chi connectivity index (χ1n) is 6.01. The Morgan fingerprint density at radius 2 is 1.94 bits per heavy atom. The second-order valence-electron chi connectivity index (χ2n) is 3.99. The lowest BCUT2D eigenvalue weighted by molar-refractivity contribution is 0.686. The van der Waals surface area contributed by atoms with Crippen LogP contribution in [0.4, 0.5) is 11.6 Å². The van der Waals surface area contributed by atoms with Gasteiger partial charge in [0.15, 0.2) is 0 Å².